The normalized spacial score (nSPS) is 18.5. The molecule has 2 N–H and O–H groups in total. The van der Waals surface area contributed by atoms with Gasteiger partial charge in [-0.2, -0.15) is 0 Å². The van der Waals surface area contributed by atoms with Crippen molar-refractivity contribution in [2.45, 2.75) is 32.7 Å². The third-order valence-corrected chi connectivity index (χ3v) is 5.01. The van der Waals surface area contributed by atoms with Crippen LogP contribution in [0.15, 0.2) is 54.6 Å². The van der Waals surface area contributed by atoms with Crippen LogP contribution >= 0.6 is 12.2 Å². The van der Waals surface area contributed by atoms with Crippen LogP contribution < -0.4 is 15.5 Å². The first-order chi connectivity index (χ1) is 12.1. The Bertz CT molecular complexity index is 684. The van der Waals surface area contributed by atoms with Gasteiger partial charge in [0.2, 0.25) is 0 Å². The average Bonchev–Trinajstić information content (AvgIpc) is 2.62. The van der Waals surface area contributed by atoms with Crippen LogP contribution in [0.3, 0.4) is 0 Å². The van der Waals surface area contributed by atoms with Gasteiger partial charge in [0.25, 0.3) is 0 Å². The highest BCUT2D eigenvalue weighted by atomic mass is 32.1. The van der Waals surface area contributed by atoms with Gasteiger partial charge in [-0.1, -0.05) is 37.3 Å². The molecule has 0 amide bonds. The van der Waals surface area contributed by atoms with Gasteiger partial charge < -0.3 is 15.5 Å². The molecule has 1 fully saturated rings. The van der Waals surface area contributed by atoms with Crippen LogP contribution in [-0.4, -0.2) is 18.2 Å². The van der Waals surface area contributed by atoms with Gasteiger partial charge in [0.15, 0.2) is 5.11 Å². The smallest absolute Gasteiger partial charge is 0.171 e. The van der Waals surface area contributed by atoms with E-state index in [0.29, 0.717) is 5.11 Å². The number of thiocarbonyl (C=S) groups is 1. The Kier molecular flexibility index (Phi) is 5.92. The summed E-state index contributed by atoms with van der Waals surface area (Å²) in [4.78, 5) is 2.50. The molecule has 0 spiro atoms. The van der Waals surface area contributed by atoms with Crippen molar-refractivity contribution < 1.29 is 0 Å². The monoisotopic (exact) mass is 353 g/mol. The molecule has 0 unspecified atom stereocenters. The van der Waals surface area contributed by atoms with E-state index in [1.807, 2.05) is 30.3 Å². The lowest BCUT2D eigenvalue weighted by Crippen LogP contribution is -2.34. The van der Waals surface area contributed by atoms with Gasteiger partial charge in [0, 0.05) is 24.5 Å². The predicted molar refractivity (Wildman–Crippen MR) is 111 cm³/mol. The van der Waals surface area contributed by atoms with Crippen molar-refractivity contribution in [2.24, 2.45) is 5.92 Å². The molecule has 2 atom stereocenters. The van der Waals surface area contributed by atoms with Crippen LogP contribution in [0.1, 0.15) is 38.3 Å². The van der Waals surface area contributed by atoms with Crippen LogP contribution in [0, 0.1) is 5.92 Å². The van der Waals surface area contributed by atoms with E-state index < -0.39 is 0 Å². The summed E-state index contributed by atoms with van der Waals surface area (Å²) in [5.74, 6) is 0.787. The summed E-state index contributed by atoms with van der Waals surface area (Å²) >= 11 is 5.42. The number of para-hydroxylation sites is 1. The van der Waals surface area contributed by atoms with Crippen LogP contribution in [0.4, 0.5) is 11.4 Å². The topological polar surface area (TPSA) is 27.3 Å². The van der Waals surface area contributed by atoms with Gasteiger partial charge in [-0.3, -0.25) is 0 Å². The summed E-state index contributed by atoms with van der Waals surface area (Å²) in [6.45, 7) is 6.81. The minimum atomic E-state index is 0.165. The van der Waals surface area contributed by atoms with Crippen molar-refractivity contribution in [3.63, 3.8) is 0 Å². The summed E-state index contributed by atoms with van der Waals surface area (Å²) in [6, 6.07) is 19.0. The zero-order valence-corrected chi connectivity index (χ0v) is 15.9. The Hall–Kier alpha value is -2.07. The first-order valence-corrected chi connectivity index (χ1v) is 9.50. The first-order valence-electron chi connectivity index (χ1n) is 9.09. The molecule has 0 bridgehead atoms. The Morgan fingerprint density at radius 1 is 1.12 bits per heavy atom. The van der Waals surface area contributed by atoms with Gasteiger partial charge in [0.05, 0.1) is 6.04 Å². The van der Waals surface area contributed by atoms with Crippen molar-refractivity contribution in [1.82, 2.24) is 5.32 Å². The summed E-state index contributed by atoms with van der Waals surface area (Å²) in [7, 11) is 0. The Labute approximate surface area is 156 Å². The second-order valence-electron chi connectivity index (χ2n) is 6.97. The van der Waals surface area contributed by atoms with E-state index in [-0.39, 0.29) is 6.04 Å². The van der Waals surface area contributed by atoms with E-state index in [2.05, 4.69) is 53.6 Å². The molecule has 1 heterocycles. The van der Waals surface area contributed by atoms with E-state index in [4.69, 9.17) is 12.2 Å². The SMILES string of the molecule is C[C@H]1CCCN(c2ccc([C@H](C)NC(=S)Nc3ccccc3)cc2)C1. The van der Waals surface area contributed by atoms with E-state index in [0.717, 1.165) is 18.2 Å². The number of anilines is 2. The summed E-state index contributed by atoms with van der Waals surface area (Å²) in [6.07, 6.45) is 2.64. The van der Waals surface area contributed by atoms with Gasteiger partial charge in [-0.15, -0.1) is 0 Å². The maximum atomic E-state index is 5.42. The zero-order valence-electron chi connectivity index (χ0n) is 15.0. The number of piperidine rings is 1. The Morgan fingerprint density at radius 2 is 1.84 bits per heavy atom. The third kappa shape index (κ3) is 4.95. The zero-order chi connectivity index (χ0) is 17.6. The van der Waals surface area contributed by atoms with E-state index >= 15 is 0 Å². The molecule has 0 aromatic heterocycles. The lowest BCUT2D eigenvalue weighted by Gasteiger charge is -2.33. The maximum absolute atomic E-state index is 5.42. The van der Waals surface area contributed by atoms with E-state index in [9.17, 15) is 0 Å². The van der Waals surface area contributed by atoms with Gasteiger partial charge in [0.1, 0.15) is 0 Å². The van der Waals surface area contributed by atoms with Crippen LogP contribution in [-0.2, 0) is 0 Å². The fourth-order valence-corrected chi connectivity index (χ4v) is 3.66. The molecule has 1 aliphatic rings. The third-order valence-electron chi connectivity index (χ3n) is 4.79. The molecule has 3 nitrogen and oxygen atoms in total. The van der Waals surface area contributed by atoms with Crippen LogP contribution in [0.25, 0.3) is 0 Å². The number of hydrogen-bond acceptors (Lipinski definition) is 2. The Balaban J connectivity index is 1.57. The average molecular weight is 354 g/mol. The van der Waals surface area contributed by atoms with Crippen molar-refractivity contribution in [2.75, 3.05) is 23.3 Å². The van der Waals surface area contributed by atoms with Gasteiger partial charge in [-0.25, -0.2) is 0 Å². The number of hydrogen-bond donors (Lipinski definition) is 2. The van der Waals surface area contributed by atoms with Crippen molar-refractivity contribution in [3.05, 3.63) is 60.2 Å². The largest absolute Gasteiger partial charge is 0.371 e. The number of nitrogens with one attached hydrogen (secondary N) is 2. The standard InChI is InChI=1S/C21H27N3S/c1-16-7-6-14-24(15-16)20-12-10-18(11-13-20)17(2)22-21(25)23-19-8-4-3-5-9-19/h3-5,8-13,16-17H,6-7,14-15H2,1-2H3,(H2,22,23,25)/t16-,17-/m0/s1. The second-order valence-corrected chi connectivity index (χ2v) is 7.38. The first kappa shape index (κ1) is 17.7. The van der Waals surface area contributed by atoms with E-state index in [1.165, 1.54) is 30.6 Å². The molecule has 0 aliphatic carbocycles. The van der Waals surface area contributed by atoms with E-state index in [1.54, 1.807) is 0 Å². The van der Waals surface area contributed by atoms with Crippen molar-refractivity contribution in [3.8, 4) is 0 Å². The molecule has 0 saturated carbocycles. The number of benzene rings is 2. The number of nitrogens with zero attached hydrogens (tertiary/aromatic N) is 1. The Morgan fingerprint density at radius 3 is 2.52 bits per heavy atom. The highest BCUT2D eigenvalue weighted by molar-refractivity contribution is 7.80. The second kappa shape index (κ2) is 8.34. The molecule has 0 radical (unpaired) electrons. The molecule has 1 aliphatic heterocycles. The van der Waals surface area contributed by atoms with Gasteiger partial charge >= 0.3 is 0 Å². The van der Waals surface area contributed by atoms with Crippen LogP contribution in [0.2, 0.25) is 0 Å². The lowest BCUT2D eigenvalue weighted by atomic mass is 9.99. The molecule has 3 rings (SSSR count). The molecular weight excluding hydrogens is 326 g/mol. The minimum Gasteiger partial charge on any atom is -0.371 e. The summed E-state index contributed by atoms with van der Waals surface area (Å²) in [5, 5.41) is 7.23. The fraction of sp³-hybridized carbons (Fsp3) is 0.381. The molecule has 132 valence electrons. The maximum Gasteiger partial charge on any atom is 0.171 e. The highest BCUT2D eigenvalue weighted by Gasteiger charge is 2.16. The number of rotatable bonds is 4. The minimum absolute atomic E-state index is 0.165. The lowest BCUT2D eigenvalue weighted by molar-refractivity contribution is 0.447. The summed E-state index contributed by atoms with van der Waals surface area (Å²) < 4.78 is 0. The molecule has 2 aromatic carbocycles. The fourth-order valence-electron chi connectivity index (χ4n) is 3.37. The van der Waals surface area contributed by atoms with Crippen molar-refractivity contribution in [1.29, 1.82) is 0 Å². The summed E-state index contributed by atoms with van der Waals surface area (Å²) in [5.41, 5.74) is 3.57. The quantitative estimate of drug-likeness (QED) is 0.759. The predicted octanol–water partition coefficient (Wildman–Crippen LogP) is 4.97. The van der Waals surface area contributed by atoms with Gasteiger partial charge in [-0.05, 0) is 67.7 Å². The van der Waals surface area contributed by atoms with Crippen molar-refractivity contribution >= 4 is 28.7 Å². The highest BCUT2D eigenvalue weighted by Crippen LogP contribution is 2.24. The molecule has 2 aromatic rings. The molecule has 25 heavy (non-hydrogen) atoms. The molecule has 1 saturated heterocycles. The molecule has 4 heteroatoms. The molecular formula is C21H27N3S. The van der Waals surface area contributed by atoms with Crippen LogP contribution in [0.5, 0.6) is 0 Å².